The number of hydrogen-bond acceptors (Lipinski definition) is 4. The van der Waals surface area contributed by atoms with Gasteiger partial charge in [0.15, 0.2) is 8.59 Å². The third-order valence-electron chi connectivity index (χ3n) is 9.56. The van der Waals surface area contributed by atoms with E-state index in [9.17, 15) is 19.2 Å². The largest absolute Gasteiger partial charge is 2.00 e. The average Bonchev–Trinajstić information content (AvgIpc) is 3.83. The molecular formula is C54H42Cl6N2O4P2Pd+2. The summed E-state index contributed by atoms with van der Waals surface area (Å²) in [6, 6.07) is 78.3. The van der Waals surface area contributed by atoms with Crippen LogP contribution in [0, 0.1) is 0 Å². The monoisotopic (exact) mass is 1160 g/mol. The molecular weight excluding hydrogens is 1120 g/mol. The van der Waals surface area contributed by atoms with E-state index in [-0.39, 0.29) is 20.4 Å². The van der Waals surface area contributed by atoms with E-state index < -0.39 is 48.1 Å². The number of amides is 4. The summed E-state index contributed by atoms with van der Waals surface area (Å²) in [5.41, 5.74) is 1.66. The average molecular weight is 1160 g/mol. The molecule has 15 heteroatoms. The van der Waals surface area contributed by atoms with Gasteiger partial charge in [-0.15, -0.1) is 0 Å². The van der Waals surface area contributed by atoms with Crippen molar-refractivity contribution in [2.24, 2.45) is 0 Å². The normalized spacial score (nSPS) is 11.5. The summed E-state index contributed by atoms with van der Waals surface area (Å²) >= 11 is 28.8. The topological polar surface area (TPSA) is 96.5 Å². The van der Waals surface area contributed by atoms with E-state index in [1.54, 1.807) is 48.5 Å². The predicted octanol–water partition coefficient (Wildman–Crippen LogP) is 13.0. The minimum absolute atomic E-state index is 0. The Labute approximate surface area is 448 Å². The molecule has 0 saturated carbocycles. The molecule has 69 heavy (non-hydrogen) atoms. The molecule has 10 rings (SSSR count). The zero-order valence-corrected chi connectivity index (χ0v) is 44.3. The Morgan fingerprint density at radius 2 is 0.391 bits per heavy atom. The molecule has 0 atom stereocenters. The molecule has 2 aliphatic heterocycles. The van der Waals surface area contributed by atoms with Crippen LogP contribution in [0.5, 0.6) is 0 Å². The number of fused-ring (bicyclic) bond motifs is 2. The second-order valence-corrected chi connectivity index (χ2v) is 22.9. The van der Waals surface area contributed by atoms with Crippen LogP contribution in [0.4, 0.5) is 0 Å². The fraction of sp³-hybridized carbons (Fsp3) is 0.0370. The third kappa shape index (κ3) is 18.5. The van der Waals surface area contributed by atoms with Gasteiger partial charge >= 0.3 is 20.4 Å². The summed E-state index contributed by atoms with van der Waals surface area (Å²) in [4.78, 5) is 43.6. The van der Waals surface area contributed by atoms with Gasteiger partial charge in [0.1, 0.15) is 31.8 Å². The van der Waals surface area contributed by atoms with Crippen molar-refractivity contribution >= 4 is 141 Å². The SMILES string of the molecule is ClC(Cl)Cl.ClC(Cl)Cl.O=C1[N-]C(=O)c2ccccc21.O=C1[N-]C(=O)c2ccccc21.[Pd+2].c1ccc([PH+](c2ccccc2)c2ccccc2)cc1.c1ccc([PH+](c2ccccc2)c2ccccc2)cc1. The first-order valence-electron chi connectivity index (χ1n) is 20.6. The number of rotatable bonds is 6. The van der Waals surface area contributed by atoms with Crippen molar-refractivity contribution in [3.8, 4) is 0 Å². The summed E-state index contributed by atoms with van der Waals surface area (Å²) in [6.45, 7) is 0. The van der Waals surface area contributed by atoms with Crippen molar-refractivity contribution in [2.75, 3.05) is 0 Å². The summed E-state index contributed by atoms with van der Waals surface area (Å²) in [6.07, 6.45) is 0. The zero-order chi connectivity index (χ0) is 48.7. The number of halogens is 6. The molecule has 0 aromatic heterocycles. The second kappa shape index (κ2) is 30.8. The fourth-order valence-corrected chi connectivity index (χ4v) is 11.9. The third-order valence-corrected chi connectivity index (χ3v) is 15.0. The van der Waals surface area contributed by atoms with Crippen LogP contribution in [0.25, 0.3) is 10.6 Å². The predicted molar refractivity (Wildman–Crippen MR) is 293 cm³/mol. The van der Waals surface area contributed by atoms with E-state index >= 15 is 0 Å². The summed E-state index contributed by atoms with van der Waals surface area (Å²) in [7, 11) is -1.75. The van der Waals surface area contributed by atoms with E-state index in [1.165, 1.54) is 31.8 Å². The molecule has 2 aliphatic rings. The van der Waals surface area contributed by atoms with Crippen LogP contribution >= 0.6 is 85.4 Å². The molecule has 0 aliphatic carbocycles. The van der Waals surface area contributed by atoms with E-state index in [1.807, 2.05) is 0 Å². The van der Waals surface area contributed by atoms with Gasteiger partial charge in [-0.25, -0.2) is 0 Å². The molecule has 8 aromatic rings. The van der Waals surface area contributed by atoms with Crippen LogP contribution < -0.4 is 31.8 Å². The first kappa shape index (κ1) is 56.9. The van der Waals surface area contributed by atoms with Gasteiger partial charge < -0.3 is 29.8 Å². The summed E-state index contributed by atoms with van der Waals surface area (Å²) in [5.74, 6) is -1.70. The van der Waals surface area contributed by atoms with Crippen molar-refractivity contribution in [2.45, 2.75) is 8.59 Å². The number of hydrogen-bond donors (Lipinski definition) is 0. The number of carbonyl (C=O) groups excluding carboxylic acids is 4. The van der Waals surface area contributed by atoms with Gasteiger partial charge in [0, 0.05) is 22.3 Å². The van der Waals surface area contributed by atoms with E-state index in [0.717, 1.165) is 0 Å². The Hall–Kier alpha value is -4.70. The zero-order valence-electron chi connectivity index (χ0n) is 36.2. The van der Waals surface area contributed by atoms with Gasteiger partial charge in [0.05, 0.1) is 39.5 Å². The Kier molecular flexibility index (Phi) is 25.4. The molecule has 2 heterocycles. The van der Waals surface area contributed by atoms with Gasteiger partial charge in [-0.3, -0.25) is 0 Å². The van der Waals surface area contributed by atoms with Crippen molar-refractivity contribution in [3.63, 3.8) is 0 Å². The van der Waals surface area contributed by atoms with E-state index in [0.29, 0.717) is 22.3 Å². The van der Waals surface area contributed by atoms with Crippen molar-refractivity contribution in [1.82, 2.24) is 0 Å². The Balaban J connectivity index is 0.000000194. The molecule has 0 saturated heterocycles. The number of imide groups is 2. The molecule has 6 nitrogen and oxygen atoms in total. The van der Waals surface area contributed by atoms with Gasteiger partial charge in [0.2, 0.25) is 0 Å². The van der Waals surface area contributed by atoms with Crippen LogP contribution in [0.2, 0.25) is 0 Å². The number of nitrogens with zero attached hydrogens (tertiary/aromatic N) is 2. The van der Waals surface area contributed by atoms with Gasteiger partial charge in [-0.05, 0) is 72.8 Å². The molecule has 0 N–H and O–H groups in total. The van der Waals surface area contributed by atoms with Crippen LogP contribution in [-0.4, -0.2) is 32.2 Å². The van der Waals surface area contributed by atoms with Gasteiger partial charge in [-0.1, -0.05) is 227 Å². The van der Waals surface area contributed by atoms with Crippen LogP contribution in [0.15, 0.2) is 231 Å². The fourth-order valence-electron chi connectivity index (χ4n) is 6.77. The first-order chi connectivity index (χ1) is 32.9. The second-order valence-electron chi connectivity index (χ2n) is 14.0. The van der Waals surface area contributed by atoms with Crippen molar-refractivity contribution < 1.29 is 39.6 Å². The standard InChI is InChI=1S/2C18H15P.2C8H5NO2.2CHCl3.Pd/c2*1-4-10-16(11-5-1)19(17-12-6-2-7-13-17)18-14-8-3-9-15-18;2*10-7-5-3-1-2-4-6(5)8(11)9-7;2*2-1(3)4;/h2*1-15H;2*1-4H,(H,9,10,11);2*1H;/q;;;;;;+2. The molecule has 0 radical (unpaired) electrons. The number of carbonyl (C=O) groups is 4. The quantitative estimate of drug-likeness (QED) is 0.0717. The number of benzene rings is 8. The van der Waals surface area contributed by atoms with E-state index in [4.69, 9.17) is 69.6 Å². The smallest absolute Gasteiger partial charge is 0.587 e. The Bertz CT molecular complexity index is 2350. The Morgan fingerprint density at radius 1 is 0.261 bits per heavy atom. The molecule has 352 valence electrons. The van der Waals surface area contributed by atoms with Crippen molar-refractivity contribution in [1.29, 1.82) is 0 Å². The maximum atomic E-state index is 10.9. The molecule has 0 unspecified atom stereocenters. The molecule has 0 fully saturated rings. The molecule has 0 bridgehead atoms. The van der Waals surface area contributed by atoms with Crippen LogP contribution in [-0.2, 0) is 20.4 Å². The Morgan fingerprint density at radius 3 is 0.536 bits per heavy atom. The van der Waals surface area contributed by atoms with Gasteiger partial charge in [0.25, 0.3) is 0 Å². The van der Waals surface area contributed by atoms with Crippen molar-refractivity contribution in [3.05, 3.63) is 263 Å². The minimum atomic E-state index is -0.877. The molecule has 0 spiro atoms. The maximum Gasteiger partial charge on any atom is 2.00 e. The molecule has 4 amide bonds. The summed E-state index contributed by atoms with van der Waals surface area (Å²) in [5, 5.41) is 15.2. The minimum Gasteiger partial charge on any atom is -0.587 e. The van der Waals surface area contributed by atoms with Gasteiger partial charge in [-0.2, -0.15) is 0 Å². The maximum absolute atomic E-state index is 10.9. The van der Waals surface area contributed by atoms with Crippen LogP contribution in [0.1, 0.15) is 41.4 Å². The molecule has 8 aromatic carbocycles. The number of alkyl halides is 6. The van der Waals surface area contributed by atoms with Crippen LogP contribution in [0.3, 0.4) is 0 Å². The van der Waals surface area contributed by atoms with E-state index in [2.05, 4.69) is 193 Å². The summed E-state index contributed by atoms with van der Waals surface area (Å²) < 4.78 is -1.50. The first-order valence-corrected chi connectivity index (χ1v) is 26.3.